The van der Waals surface area contributed by atoms with E-state index in [4.69, 9.17) is 23.1 Å². The van der Waals surface area contributed by atoms with Crippen molar-refractivity contribution in [3.63, 3.8) is 0 Å². The maximum atomic E-state index is 6.33. The molecule has 2 aromatic carbocycles. The van der Waals surface area contributed by atoms with Crippen LogP contribution in [-0.4, -0.2) is 5.71 Å². The van der Waals surface area contributed by atoms with Gasteiger partial charge < -0.3 is 11.5 Å². The topological polar surface area (TPSA) is 64.4 Å². The molecule has 0 saturated carbocycles. The fourth-order valence-electron chi connectivity index (χ4n) is 1.90. The molecule has 0 bridgehead atoms. The third kappa shape index (κ3) is 4.10. The second kappa shape index (κ2) is 6.46. The quantitative estimate of drug-likeness (QED) is 0.658. The van der Waals surface area contributed by atoms with Crippen molar-refractivity contribution in [2.45, 2.75) is 13.8 Å². The van der Waals surface area contributed by atoms with Gasteiger partial charge in [0.1, 0.15) is 0 Å². The molecule has 0 unspecified atom stereocenters. The Hall–Kier alpha value is -2.26. The summed E-state index contributed by atoms with van der Waals surface area (Å²) < 4.78 is 0. The van der Waals surface area contributed by atoms with Gasteiger partial charge in [0.05, 0.1) is 16.4 Å². The molecular weight excluding hydrogens is 282 g/mol. The Labute approximate surface area is 130 Å². The van der Waals surface area contributed by atoms with Crippen LogP contribution in [0.25, 0.3) is 0 Å². The van der Waals surface area contributed by atoms with Crippen LogP contribution in [-0.2, 0) is 0 Å². The summed E-state index contributed by atoms with van der Waals surface area (Å²) >= 11 is 6.33. The van der Waals surface area contributed by atoms with Crippen molar-refractivity contribution in [2.24, 2.45) is 10.7 Å². The van der Waals surface area contributed by atoms with Crippen LogP contribution in [0.5, 0.6) is 0 Å². The van der Waals surface area contributed by atoms with Gasteiger partial charge >= 0.3 is 0 Å². The molecule has 4 N–H and O–H groups in total. The van der Waals surface area contributed by atoms with Gasteiger partial charge in [-0.25, -0.2) is 4.99 Å². The minimum Gasteiger partial charge on any atom is -0.402 e. The van der Waals surface area contributed by atoms with Crippen LogP contribution >= 0.6 is 11.6 Å². The molecule has 0 aliphatic rings. The van der Waals surface area contributed by atoms with E-state index in [1.165, 1.54) is 0 Å². The largest absolute Gasteiger partial charge is 0.402 e. The first-order valence-corrected chi connectivity index (χ1v) is 6.98. The molecule has 0 aliphatic heterocycles. The van der Waals surface area contributed by atoms with Crippen molar-refractivity contribution in [3.8, 4) is 0 Å². The molecule has 21 heavy (non-hydrogen) atoms. The summed E-state index contributed by atoms with van der Waals surface area (Å²) in [4.78, 5) is 4.62. The standard InChI is InChI=1S/C17H18ClN3/c1-11-3-8-15(16(18)9-11)17(10-12(2)19)21-14-6-4-13(20)5-7-14/h3-10H,19-20H2,1-2H3. The van der Waals surface area contributed by atoms with Crippen LogP contribution in [0.15, 0.2) is 59.2 Å². The Kier molecular flexibility index (Phi) is 4.66. The van der Waals surface area contributed by atoms with E-state index >= 15 is 0 Å². The molecule has 108 valence electrons. The number of rotatable bonds is 3. The molecule has 0 spiro atoms. The van der Waals surface area contributed by atoms with E-state index in [9.17, 15) is 0 Å². The highest BCUT2D eigenvalue weighted by Crippen LogP contribution is 2.22. The van der Waals surface area contributed by atoms with Gasteiger partial charge in [-0.15, -0.1) is 0 Å². The van der Waals surface area contributed by atoms with Gasteiger partial charge in [0.2, 0.25) is 0 Å². The zero-order valence-corrected chi connectivity index (χ0v) is 12.9. The lowest BCUT2D eigenvalue weighted by atomic mass is 10.1. The molecule has 0 heterocycles. The van der Waals surface area contributed by atoms with Gasteiger partial charge in [0.25, 0.3) is 0 Å². The molecule has 0 aromatic heterocycles. The molecule has 3 nitrogen and oxygen atoms in total. The number of nitrogens with two attached hydrogens (primary N) is 2. The molecule has 0 aliphatic carbocycles. The van der Waals surface area contributed by atoms with Crippen molar-refractivity contribution in [1.82, 2.24) is 0 Å². The summed E-state index contributed by atoms with van der Waals surface area (Å²) in [6.07, 6.45) is 1.81. The van der Waals surface area contributed by atoms with Crippen molar-refractivity contribution in [2.75, 3.05) is 5.73 Å². The van der Waals surface area contributed by atoms with Crippen LogP contribution in [0.3, 0.4) is 0 Å². The number of anilines is 1. The Bertz CT molecular complexity index is 696. The SMILES string of the molecule is CC(N)=CC(=Nc1ccc(N)cc1)c1ccc(C)cc1Cl. The second-order valence-corrected chi connectivity index (χ2v) is 5.37. The molecule has 0 atom stereocenters. The van der Waals surface area contributed by atoms with E-state index in [0.717, 1.165) is 22.5 Å². The van der Waals surface area contributed by atoms with Gasteiger partial charge in [-0.2, -0.15) is 0 Å². The summed E-state index contributed by atoms with van der Waals surface area (Å²) in [5.41, 5.74) is 16.3. The molecule has 2 aromatic rings. The number of nitrogens with zero attached hydrogens (tertiary/aromatic N) is 1. The highest BCUT2D eigenvalue weighted by Gasteiger charge is 2.07. The minimum atomic E-state index is 0.654. The Morgan fingerprint density at radius 2 is 1.81 bits per heavy atom. The number of aliphatic imine (C=N–C) groups is 1. The van der Waals surface area contributed by atoms with E-state index < -0.39 is 0 Å². The molecule has 0 amide bonds. The van der Waals surface area contributed by atoms with Crippen LogP contribution in [0, 0.1) is 6.92 Å². The Morgan fingerprint density at radius 1 is 1.14 bits per heavy atom. The highest BCUT2D eigenvalue weighted by molar-refractivity contribution is 6.35. The fraction of sp³-hybridized carbons (Fsp3) is 0.118. The number of nitrogen functional groups attached to an aromatic ring is 1. The number of hydrogen-bond donors (Lipinski definition) is 2. The monoisotopic (exact) mass is 299 g/mol. The third-order valence-corrected chi connectivity index (χ3v) is 3.22. The lowest BCUT2D eigenvalue weighted by molar-refractivity contribution is 1.32. The number of aryl methyl sites for hydroxylation is 1. The van der Waals surface area contributed by atoms with E-state index in [2.05, 4.69) is 4.99 Å². The van der Waals surface area contributed by atoms with E-state index in [1.54, 1.807) is 0 Å². The maximum Gasteiger partial charge on any atom is 0.0741 e. The average Bonchev–Trinajstić information content (AvgIpc) is 2.40. The van der Waals surface area contributed by atoms with Crippen molar-refractivity contribution < 1.29 is 0 Å². The summed E-state index contributed by atoms with van der Waals surface area (Å²) in [5.74, 6) is 0. The normalized spacial score (nSPS) is 12.5. The highest BCUT2D eigenvalue weighted by atomic mass is 35.5. The van der Waals surface area contributed by atoms with Crippen molar-refractivity contribution >= 4 is 28.7 Å². The molecule has 0 radical (unpaired) electrons. The first-order chi connectivity index (χ1) is 9.95. The van der Waals surface area contributed by atoms with Gasteiger partial charge in [0, 0.05) is 16.9 Å². The van der Waals surface area contributed by atoms with Gasteiger partial charge in [0.15, 0.2) is 0 Å². The average molecular weight is 300 g/mol. The number of hydrogen-bond acceptors (Lipinski definition) is 3. The summed E-state index contributed by atoms with van der Waals surface area (Å²) in [6, 6.07) is 13.2. The van der Waals surface area contributed by atoms with E-state index in [1.807, 2.05) is 62.4 Å². The molecule has 0 fully saturated rings. The van der Waals surface area contributed by atoms with Gasteiger partial charge in [-0.3, -0.25) is 0 Å². The molecule has 2 rings (SSSR count). The Balaban J connectivity index is 2.53. The number of halogens is 1. The van der Waals surface area contributed by atoms with Crippen LogP contribution in [0.4, 0.5) is 11.4 Å². The van der Waals surface area contributed by atoms with Crippen molar-refractivity contribution in [1.29, 1.82) is 0 Å². The summed E-state index contributed by atoms with van der Waals surface area (Å²) in [7, 11) is 0. The number of benzene rings is 2. The lowest BCUT2D eigenvalue weighted by Crippen LogP contribution is -2.02. The molecule has 0 saturated heterocycles. The predicted molar refractivity (Wildman–Crippen MR) is 91.2 cm³/mol. The van der Waals surface area contributed by atoms with Gasteiger partial charge in [-0.1, -0.05) is 23.7 Å². The first-order valence-electron chi connectivity index (χ1n) is 6.60. The van der Waals surface area contributed by atoms with Crippen LogP contribution in [0.2, 0.25) is 5.02 Å². The predicted octanol–water partition coefficient (Wildman–Crippen LogP) is 4.21. The first kappa shape index (κ1) is 15.1. The lowest BCUT2D eigenvalue weighted by Gasteiger charge is -2.07. The van der Waals surface area contributed by atoms with Crippen LogP contribution in [0.1, 0.15) is 18.1 Å². The van der Waals surface area contributed by atoms with Crippen LogP contribution < -0.4 is 11.5 Å². The number of allylic oxidation sites excluding steroid dienone is 2. The molecule has 4 heteroatoms. The Morgan fingerprint density at radius 3 is 2.38 bits per heavy atom. The fourth-order valence-corrected chi connectivity index (χ4v) is 2.23. The third-order valence-electron chi connectivity index (χ3n) is 2.91. The van der Waals surface area contributed by atoms with Gasteiger partial charge in [-0.05, 0) is 55.8 Å². The molecular formula is C17H18ClN3. The second-order valence-electron chi connectivity index (χ2n) is 4.96. The summed E-state index contributed by atoms with van der Waals surface area (Å²) in [5, 5.41) is 0.654. The van der Waals surface area contributed by atoms with E-state index in [0.29, 0.717) is 16.4 Å². The summed E-state index contributed by atoms with van der Waals surface area (Å²) in [6.45, 7) is 3.82. The zero-order valence-electron chi connectivity index (χ0n) is 12.1. The van der Waals surface area contributed by atoms with E-state index in [-0.39, 0.29) is 0 Å². The smallest absolute Gasteiger partial charge is 0.0741 e. The maximum absolute atomic E-state index is 6.33. The zero-order chi connectivity index (χ0) is 15.4. The van der Waals surface area contributed by atoms with Crippen molar-refractivity contribution in [3.05, 3.63) is 70.4 Å². The minimum absolute atomic E-state index is 0.654.